The fourth-order valence-corrected chi connectivity index (χ4v) is 3.46. The molecule has 1 N–H and O–H groups in total. The smallest absolute Gasteiger partial charge is 0.119 e. The molecule has 1 saturated carbocycles. The monoisotopic (exact) mass is 384 g/mol. The lowest BCUT2D eigenvalue weighted by Crippen LogP contribution is -2.06. The summed E-state index contributed by atoms with van der Waals surface area (Å²) in [5.74, 6) is 1.66. The van der Waals surface area contributed by atoms with Crippen molar-refractivity contribution in [1.29, 1.82) is 0 Å². The van der Waals surface area contributed by atoms with Crippen LogP contribution in [0.2, 0.25) is 5.02 Å². The van der Waals surface area contributed by atoms with E-state index in [4.69, 9.17) is 26.1 Å². The van der Waals surface area contributed by atoms with Crippen LogP contribution in [0.25, 0.3) is 21.8 Å². The average molecular weight is 385 g/mol. The van der Waals surface area contributed by atoms with Gasteiger partial charge in [-0.1, -0.05) is 11.6 Å². The second kappa shape index (κ2) is 8.32. The Hall–Kier alpha value is -2.04. The van der Waals surface area contributed by atoms with Gasteiger partial charge in [-0.2, -0.15) is 0 Å². The summed E-state index contributed by atoms with van der Waals surface area (Å²) in [6.45, 7) is 2.67. The van der Waals surface area contributed by atoms with E-state index < -0.39 is 0 Å². The van der Waals surface area contributed by atoms with Crippen LogP contribution in [0.1, 0.15) is 25.7 Å². The van der Waals surface area contributed by atoms with Gasteiger partial charge in [0.05, 0.1) is 23.8 Å². The summed E-state index contributed by atoms with van der Waals surface area (Å²) in [5, 5.41) is 6.45. The van der Waals surface area contributed by atoms with Crippen molar-refractivity contribution in [2.45, 2.75) is 25.7 Å². The fraction of sp³-hybridized carbons (Fsp3) is 0.409. The number of methoxy groups -OCH3 is 1. The molecule has 1 aliphatic rings. The van der Waals surface area contributed by atoms with E-state index in [-0.39, 0.29) is 0 Å². The van der Waals surface area contributed by atoms with Crippen LogP contribution in [0, 0.1) is 5.92 Å². The lowest BCUT2D eigenvalue weighted by Gasteiger charge is -2.14. The molecule has 0 spiro atoms. The molecule has 1 heterocycles. The van der Waals surface area contributed by atoms with Crippen molar-refractivity contribution in [2.24, 2.45) is 5.92 Å². The first-order valence-corrected chi connectivity index (χ1v) is 10.0. The molecule has 0 radical (unpaired) electrons. The molecule has 0 aliphatic heterocycles. The van der Waals surface area contributed by atoms with Crippen molar-refractivity contribution >= 4 is 39.1 Å². The van der Waals surface area contributed by atoms with Crippen molar-refractivity contribution in [3.05, 3.63) is 41.4 Å². The van der Waals surface area contributed by atoms with E-state index in [1.807, 2.05) is 36.4 Å². The van der Waals surface area contributed by atoms with Gasteiger partial charge in [0.1, 0.15) is 5.75 Å². The normalized spacial score (nSPS) is 14.0. The Morgan fingerprint density at radius 3 is 2.78 bits per heavy atom. The minimum absolute atomic E-state index is 0.696. The van der Waals surface area contributed by atoms with Gasteiger partial charge in [0, 0.05) is 35.6 Å². The van der Waals surface area contributed by atoms with E-state index in [0.29, 0.717) is 5.02 Å². The maximum absolute atomic E-state index is 6.18. The molecule has 0 unspecified atom stereocenters. The summed E-state index contributed by atoms with van der Waals surface area (Å²) in [6.07, 6.45) is 4.82. The van der Waals surface area contributed by atoms with Crippen molar-refractivity contribution in [1.82, 2.24) is 4.98 Å². The third kappa shape index (κ3) is 4.45. The summed E-state index contributed by atoms with van der Waals surface area (Å²) in [4.78, 5) is 4.77. The molecule has 142 valence electrons. The van der Waals surface area contributed by atoms with Gasteiger partial charge in [-0.05, 0) is 68.0 Å². The number of hydrogen-bond acceptors (Lipinski definition) is 4. The summed E-state index contributed by atoms with van der Waals surface area (Å²) in [7, 11) is 1.68. The maximum Gasteiger partial charge on any atom is 0.119 e. The summed E-state index contributed by atoms with van der Waals surface area (Å²) >= 11 is 6.18. The molecule has 1 aromatic heterocycles. The minimum Gasteiger partial charge on any atom is -0.497 e. The van der Waals surface area contributed by atoms with E-state index in [2.05, 4.69) is 5.32 Å². The third-order valence-corrected chi connectivity index (χ3v) is 5.25. The van der Waals surface area contributed by atoms with Crippen LogP contribution in [0.4, 0.5) is 5.69 Å². The molecule has 0 amide bonds. The average Bonchev–Trinajstić information content (AvgIpc) is 3.50. The molecule has 1 fully saturated rings. The summed E-state index contributed by atoms with van der Waals surface area (Å²) in [6, 6.07) is 11.8. The first-order valence-electron chi connectivity index (χ1n) is 9.63. The number of benzene rings is 2. The van der Waals surface area contributed by atoms with Gasteiger partial charge >= 0.3 is 0 Å². The molecule has 1 aliphatic carbocycles. The number of pyridine rings is 1. The largest absolute Gasteiger partial charge is 0.497 e. The zero-order valence-corrected chi connectivity index (χ0v) is 16.4. The Kier molecular flexibility index (Phi) is 5.65. The van der Waals surface area contributed by atoms with E-state index in [1.54, 1.807) is 7.11 Å². The molecule has 5 heteroatoms. The van der Waals surface area contributed by atoms with Crippen LogP contribution in [0.15, 0.2) is 36.4 Å². The molecular formula is C22H25ClN2O2. The quantitative estimate of drug-likeness (QED) is 0.381. The molecular weight excluding hydrogens is 360 g/mol. The highest BCUT2D eigenvalue weighted by molar-refractivity contribution is 6.31. The Bertz CT molecular complexity index is 940. The molecule has 2 aromatic carbocycles. The number of rotatable bonds is 9. The van der Waals surface area contributed by atoms with Crippen LogP contribution in [0.5, 0.6) is 5.75 Å². The Balaban J connectivity index is 1.52. The zero-order valence-electron chi connectivity index (χ0n) is 15.6. The molecule has 0 saturated heterocycles. The molecule has 4 nitrogen and oxygen atoms in total. The number of anilines is 1. The molecule has 4 rings (SSSR count). The van der Waals surface area contributed by atoms with Crippen molar-refractivity contribution in [3.63, 3.8) is 0 Å². The van der Waals surface area contributed by atoms with Gasteiger partial charge in [0.2, 0.25) is 0 Å². The predicted octanol–water partition coefficient (Wildman–Crippen LogP) is 5.67. The number of halogens is 1. The number of aromatic nitrogens is 1. The summed E-state index contributed by atoms with van der Waals surface area (Å²) < 4.78 is 11.1. The maximum atomic E-state index is 6.18. The molecule has 0 bridgehead atoms. The topological polar surface area (TPSA) is 43.4 Å². The van der Waals surface area contributed by atoms with Crippen molar-refractivity contribution in [2.75, 3.05) is 32.2 Å². The molecule has 0 atom stereocenters. The number of ether oxygens (including phenoxy) is 2. The number of nitrogens with zero attached hydrogens (tertiary/aromatic N) is 1. The number of nitrogens with one attached hydrogen (secondary N) is 1. The lowest BCUT2D eigenvalue weighted by atomic mass is 10.1. The van der Waals surface area contributed by atoms with E-state index >= 15 is 0 Å². The van der Waals surface area contributed by atoms with E-state index in [1.165, 1.54) is 12.8 Å². The molecule has 27 heavy (non-hydrogen) atoms. The number of hydrogen-bond donors (Lipinski definition) is 1. The van der Waals surface area contributed by atoms with Crippen LogP contribution in [-0.4, -0.2) is 31.9 Å². The van der Waals surface area contributed by atoms with Crippen LogP contribution >= 0.6 is 11.6 Å². The van der Waals surface area contributed by atoms with Gasteiger partial charge in [0.25, 0.3) is 0 Å². The van der Waals surface area contributed by atoms with Gasteiger partial charge in [0.15, 0.2) is 0 Å². The number of unbranched alkanes of at least 4 members (excludes halogenated alkanes) is 1. The third-order valence-electron chi connectivity index (χ3n) is 5.01. The van der Waals surface area contributed by atoms with Crippen LogP contribution in [0.3, 0.4) is 0 Å². The van der Waals surface area contributed by atoms with Crippen molar-refractivity contribution < 1.29 is 9.47 Å². The summed E-state index contributed by atoms with van der Waals surface area (Å²) in [5.41, 5.74) is 2.92. The fourth-order valence-electron chi connectivity index (χ4n) is 3.29. The second-order valence-corrected chi connectivity index (χ2v) is 7.62. The van der Waals surface area contributed by atoms with Crippen LogP contribution in [-0.2, 0) is 4.74 Å². The van der Waals surface area contributed by atoms with Crippen molar-refractivity contribution in [3.8, 4) is 5.75 Å². The van der Waals surface area contributed by atoms with Gasteiger partial charge < -0.3 is 14.8 Å². The second-order valence-electron chi connectivity index (χ2n) is 7.18. The highest BCUT2D eigenvalue weighted by Crippen LogP contribution is 2.34. The first kappa shape index (κ1) is 18.3. The van der Waals surface area contributed by atoms with E-state index in [0.717, 1.165) is 71.8 Å². The van der Waals surface area contributed by atoms with Crippen LogP contribution < -0.4 is 10.1 Å². The highest BCUT2D eigenvalue weighted by atomic mass is 35.5. The Labute approximate surface area is 164 Å². The Morgan fingerprint density at radius 1 is 1.07 bits per heavy atom. The Morgan fingerprint density at radius 2 is 1.96 bits per heavy atom. The zero-order chi connectivity index (χ0) is 18.6. The molecule has 3 aromatic rings. The lowest BCUT2D eigenvalue weighted by molar-refractivity contribution is 0.121. The highest BCUT2D eigenvalue weighted by Gasteiger charge is 2.20. The van der Waals surface area contributed by atoms with E-state index in [9.17, 15) is 0 Å². The first-order chi connectivity index (χ1) is 13.2. The minimum atomic E-state index is 0.696. The number of fused-ring (bicyclic) bond motifs is 2. The predicted molar refractivity (Wildman–Crippen MR) is 112 cm³/mol. The van der Waals surface area contributed by atoms with Gasteiger partial charge in [-0.3, -0.25) is 0 Å². The van der Waals surface area contributed by atoms with Gasteiger partial charge in [-0.15, -0.1) is 0 Å². The SMILES string of the molecule is COc1ccc2nc3cc(Cl)ccc3c(NCCCCOCC3CC3)c2c1. The standard InChI is InChI=1S/C22H25ClN2O2/c1-26-17-7-9-20-19(13-17)22(18-8-6-16(23)12-21(18)25-20)24-10-2-3-11-27-14-15-4-5-15/h6-9,12-13,15H,2-5,10-11,14H2,1H3,(H,24,25). The van der Waals surface area contributed by atoms with Gasteiger partial charge in [-0.25, -0.2) is 4.98 Å².